The second-order valence-corrected chi connectivity index (χ2v) is 4.77. The zero-order valence-corrected chi connectivity index (χ0v) is 9.57. The molecule has 6 nitrogen and oxygen atoms in total. The molecule has 7 heteroatoms. The van der Waals surface area contributed by atoms with Crippen molar-refractivity contribution in [3.63, 3.8) is 0 Å². The molecule has 1 aliphatic heterocycles. The number of fused-ring (bicyclic) bond motifs is 1. The van der Waals surface area contributed by atoms with Crippen LogP contribution >= 0.6 is 11.8 Å². The molecule has 0 radical (unpaired) electrons. The molecule has 0 aromatic carbocycles. The van der Waals surface area contributed by atoms with Crippen LogP contribution in [0.1, 0.15) is 11.9 Å². The van der Waals surface area contributed by atoms with E-state index in [9.17, 15) is 4.79 Å². The van der Waals surface area contributed by atoms with Crippen LogP contribution in [-0.4, -0.2) is 30.8 Å². The number of hydrogen-bond acceptors (Lipinski definition) is 5. The lowest BCUT2D eigenvalue weighted by molar-refractivity contribution is 0.623. The largest absolute Gasteiger partial charge is 0.314 e. The molecule has 0 saturated carbocycles. The van der Waals surface area contributed by atoms with E-state index in [1.807, 2.05) is 18.0 Å². The SMILES string of the molecule is Cn1ccn2c([C@@H]3CSCN3)nnc2c1=O. The van der Waals surface area contributed by atoms with E-state index >= 15 is 0 Å². The first kappa shape index (κ1) is 9.86. The summed E-state index contributed by atoms with van der Waals surface area (Å²) < 4.78 is 3.27. The van der Waals surface area contributed by atoms with Crippen LogP contribution in [0.15, 0.2) is 17.2 Å². The Morgan fingerprint density at radius 1 is 1.50 bits per heavy atom. The molecule has 0 aliphatic carbocycles. The standard InChI is InChI=1S/C9H11N5OS/c1-13-2-3-14-7(6-4-16-5-10-6)11-12-8(14)9(13)15/h2-3,6,10H,4-5H2,1H3/t6-/m0/s1. The van der Waals surface area contributed by atoms with Crippen molar-refractivity contribution >= 4 is 17.4 Å². The fourth-order valence-electron chi connectivity index (χ4n) is 1.79. The summed E-state index contributed by atoms with van der Waals surface area (Å²) in [6.45, 7) is 0. The van der Waals surface area contributed by atoms with Crippen molar-refractivity contribution in [1.29, 1.82) is 0 Å². The predicted octanol–water partition coefficient (Wildman–Crippen LogP) is -0.237. The summed E-state index contributed by atoms with van der Waals surface area (Å²) in [5.41, 5.74) is 0.269. The summed E-state index contributed by atoms with van der Waals surface area (Å²) in [7, 11) is 1.71. The molecule has 1 fully saturated rings. The molecule has 84 valence electrons. The zero-order chi connectivity index (χ0) is 11.1. The molecule has 1 atom stereocenters. The monoisotopic (exact) mass is 237 g/mol. The summed E-state index contributed by atoms with van der Waals surface area (Å²) in [4.78, 5) is 11.8. The maximum Gasteiger partial charge on any atom is 0.295 e. The van der Waals surface area contributed by atoms with Crippen molar-refractivity contribution in [1.82, 2.24) is 24.5 Å². The molecular formula is C9H11N5OS. The smallest absolute Gasteiger partial charge is 0.295 e. The molecular weight excluding hydrogens is 226 g/mol. The molecule has 3 heterocycles. The third kappa shape index (κ3) is 1.35. The number of nitrogens with zero attached hydrogens (tertiary/aromatic N) is 4. The molecule has 0 bridgehead atoms. The van der Waals surface area contributed by atoms with Gasteiger partial charge in [-0.15, -0.1) is 22.0 Å². The van der Waals surface area contributed by atoms with Gasteiger partial charge in [0.2, 0.25) is 5.65 Å². The van der Waals surface area contributed by atoms with Gasteiger partial charge in [0.1, 0.15) is 0 Å². The molecule has 3 rings (SSSR count). The number of rotatable bonds is 1. The van der Waals surface area contributed by atoms with E-state index in [0.717, 1.165) is 17.5 Å². The van der Waals surface area contributed by atoms with Crippen molar-refractivity contribution in [3.05, 3.63) is 28.6 Å². The van der Waals surface area contributed by atoms with E-state index in [0.29, 0.717) is 5.65 Å². The molecule has 2 aromatic heterocycles. The number of aromatic nitrogens is 4. The van der Waals surface area contributed by atoms with Crippen LogP contribution in [-0.2, 0) is 7.05 Å². The summed E-state index contributed by atoms with van der Waals surface area (Å²) in [5.74, 6) is 2.71. The fourth-order valence-corrected chi connectivity index (χ4v) is 2.73. The summed E-state index contributed by atoms with van der Waals surface area (Å²) in [5, 5.41) is 11.4. The van der Waals surface area contributed by atoms with Crippen LogP contribution in [0.3, 0.4) is 0 Å². The van der Waals surface area contributed by atoms with Gasteiger partial charge in [-0.1, -0.05) is 0 Å². The van der Waals surface area contributed by atoms with Crippen molar-refractivity contribution in [2.45, 2.75) is 6.04 Å². The Labute approximate surface area is 95.7 Å². The Hall–Kier alpha value is -1.34. The molecule has 0 spiro atoms. The van der Waals surface area contributed by atoms with Gasteiger partial charge in [0, 0.05) is 31.1 Å². The highest BCUT2D eigenvalue weighted by atomic mass is 32.2. The number of hydrogen-bond donors (Lipinski definition) is 1. The first-order valence-electron chi connectivity index (χ1n) is 4.99. The lowest BCUT2D eigenvalue weighted by Gasteiger charge is -2.06. The molecule has 0 amide bonds. The van der Waals surface area contributed by atoms with Gasteiger partial charge in [0.05, 0.1) is 6.04 Å². The van der Waals surface area contributed by atoms with Crippen LogP contribution in [0, 0.1) is 0 Å². The van der Waals surface area contributed by atoms with Gasteiger partial charge < -0.3 is 4.57 Å². The topological polar surface area (TPSA) is 64.2 Å². The molecule has 1 aliphatic rings. The summed E-state index contributed by atoms with van der Waals surface area (Å²) in [6.07, 6.45) is 3.56. The quantitative estimate of drug-likeness (QED) is 0.742. The average Bonchev–Trinajstić information content (AvgIpc) is 2.91. The Kier molecular flexibility index (Phi) is 2.22. The van der Waals surface area contributed by atoms with E-state index in [2.05, 4.69) is 15.5 Å². The highest BCUT2D eigenvalue weighted by molar-refractivity contribution is 7.99. The van der Waals surface area contributed by atoms with E-state index in [-0.39, 0.29) is 11.6 Å². The Balaban J connectivity index is 2.20. The maximum absolute atomic E-state index is 11.8. The Bertz CT molecular complexity index is 583. The van der Waals surface area contributed by atoms with E-state index in [1.54, 1.807) is 17.6 Å². The van der Waals surface area contributed by atoms with Gasteiger partial charge in [-0.25, -0.2) is 0 Å². The van der Waals surface area contributed by atoms with Gasteiger partial charge in [-0.05, 0) is 0 Å². The predicted molar refractivity (Wildman–Crippen MR) is 61.4 cm³/mol. The van der Waals surface area contributed by atoms with Crippen molar-refractivity contribution in [3.8, 4) is 0 Å². The normalized spacial score (nSPS) is 20.7. The van der Waals surface area contributed by atoms with E-state index < -0.39 is 0 Å². The first-order chi connectivity index (χ1) is 7.77. The van der Waals surface area contributed by atoms with Gasteiger partial charge >= 0.3 is 0 Å². The maximum atomic E-state index is 11.8. The third-order valence-electron chi connectivity index (χ3n) is 2.70. The fraction of sp³-hybridized carbons (Fsp3) is 0.444. The molecule has 2 aromatic rings. The number of thioether (sulfide) groups is 1. The van der Waals surface area contributed by atoms with Gasteiger partial charge in [0.25, 0.3) is 5.56 Å². The number of nitrogens with one attached hydrogen (secondary N) is 1. The van der Waals surface area contributed by atoms with Gasteiger partial charge in [-0.2, -0.15) is 0 Å². The minimum atomic E-state index is -0.119. The highest BCUT2D eigenvalue weighted by Gasteiger charge is 2.22. The summed E-state index contributed by atoms with van der Waals surface area (Å²) >= 11 is 1.82. The Morgan fingerprint density at radius 2 is 2.38 bits per heavy atom. The average molecular weight is 237 g/mol. The van der Waals surface area contributed by atoms with Crippen LogP contribution in [0.2, 0.25) is 0 Å². The molecule has 1 saturated heterocycles. The van der Waals surface area contributed by atoms with Crippen molar-refractivity contribution in [2.24, 2.45) is 7.05 Å². The van der Waals surface area contributed by atoms with Gasteiger partial charge in [0.15, 0.2) is 5.82 Å². The van der Waals surface area contributed by atoms with Crippen LogP contribution < -0.4 is 10.9 Å². The highest BCUT2D eigenvalue weighted by Crippen LogP contribution is 2.22. The van der Waals surface area contributed by atoms with E-state index in [4.69, 9.17) is 0 Å². The molecule has 1 N–H and O–H groups in total. The third-order valence-corrected chi connectivity index (χ3v) is 3.64. The van der Waals surface area contributed by atoms with Gasteiger partial charge in [-0.3, -0.25) is 14.5 Å². The first-order valence-corrected chi connectivity index (χ1v) is 6.14. The second kappa shape index (κ2) is 3.60. The second-order valence-electron chi connectivity index (χ2n) is 3.74. The number of aryl methyl sites for hydroxylation is 1. The summed E-state index contributed by atoms with van der Waals surface area (Å²) in [6, 6.07) is 0.187. The minimum Gasteiger partial charge on any atom is -0.314 e. The van der Waals surface area contributed by atoms with Crippen LogP contribution in [0.25, 0.3) is 5.65 Å². The van der Waals surface area contributed by atoms with Crippen molar-refractivity contribution in [2.75, 3.05) is 11.6 Å². The van der Waals surface area contributed by atoms with Crippen LogP contribution in [0.5, 0.6) is 0 Å². The lowest BCUT2D eigenvalue weighted by Crippen LogP contribution is -2.21. The Morgan fingerprint density at radius 3 is 3.12 bits per heavy atom. The van der Waals surface area contributed by atoms with E-state index in [1.165, 1.54) is 4.57 Å². The zero-order valence-electron chi connectivity index (χ0n) is 8.75. The van der Waals surface area contributed by atoms with Crippen LogP contribution in [0.4, 0.5) is 0 Å². The molecule has 0 unspecified atom stereocenters. The van der Waals surface area contributed by atoms with Crippen molar-refractivity contribution < 1.29 is 0 Å². The molecule has 16 heavy (non-hydrogen) atoms. The minimum absolute atomic E-state index is 0.119. The lowest BCUT2D eigenvalue weighted by atomic mass is 10.3.